The topological polar surface area (TPSA) is 52.6 Å². The number of carbonyl (C=O) groups is 2. The molecular weight excluding hydrogens is 447 g/mol. The van der Waals surface area contributed by atoms with Crippen molar-refractivity contribution in [1.29, 1.82) is 0 Å². The van der Waals surface area contributed by atoms with Crippen molar-refractivity contribution >= 4 is 11.9 Å². The summed E-state index contributed by atoms with van der Waals surface area (Å²) in [4.78, 5) is 24.7. The van der Waals surface area contributed by atoms with Gasteiger partial charge in [-0.1, -0.05) is 91.4 Å². The molecule has 0 aromatic rings. The van der Waals surface area contributed by atoms with Crippen molar-refractivity contribution in [2.75, 3.05) is 13.2 Å². The maximum atomic E-state index is 13.1. The molecule has 0 aliphatic carbocycles. The fourth-order valence-corrected chi connectivity index (χ4v) is 3.53. The lowest BCUT2D eigenvalue weighted by atomic mass is 9.82. The van der Waals surface area contributed by atoms with Crippen LogP contribution in [0.4, 0.5) is 22.0 Å². The van der Waals surface area contributed by atoms with Crippen LogP contribution in [0.15, 0.2) is 0 Å². The molecule has 0 radical (unpaired) electrons. The molecule has 0 aromatic heterocycles. The standard InChI is InChI=1S/C24H41F5O4/c1-4-7-8-9-10-11-12-13-14-15-16-17-18-32-20(30)22(5-2,6-3)21(31)33-19-23(25,26)24(27,28)29/h4-19H2,1-3H3. The second-order valence-corrected chi connectivity index (χ2v) is 8.59. The highest BCUT2D eigenvalue weighted by Gasteiger charge is 2.59. The van der Waals surface area contributed by atoms with E-state index in [1.807, 2.05) is 0 Å². The Kier molecular flexibility index (Phi) is 15.6. The summed E-state index contributed by atoms with van der Waals surface area (Å²) in [6.45, 7) is 3.01. The number of esters is 2. The third-order valence-corrected chi connectivity index (χ3v) is 6.02. The van der Waals surface area contributed by atoms with Crippen LogP contribution in [-0.4, -0.2) is 37.3 Å². The van der Waals surface area contributed by atoms with E-state index in [0.29, 0.717) is 6.42 Å². The van der Waals surface area contributed by atoms with Crippen LogP contribution in [0.25, 0.3) is 0 Å². The minimum absolute atomic E-state index is 0.0595. The summed E-state index contributed by atoms with van der Waals surface area (Å²) in [5.74, 6) is -7.55. The van der Waals surface area contributed by atoms with Crippen LogP contribution >= 0.6 is 0 Å². The van der Waals surface area contributed by atoms with Crippen molar-refractivity contribution in [1.82, 2.24) is 0 Å². The summed E-state index contributed by atoms with van der Waals surface area (Å²) in [7, 11) is 0. The van der Waals surface area contributed by atoms with Crippen LogP contribution in [-0.2, 0) is 19.1 Å². The van der Waals surface area contributed by atoms with Crippen LogP contribution in [0.3, 0.4) is 0 Å². The second kappa shape index (κ2) is 16.3. The largest absolute Gasteiger partial charge is 0.465 e. The SMILES string of the molecule is CCCCCCCCCCCCCCOC(=O)C(CC)(CC)C(=O)OCC(F)(F)C(F)(F)F. The molecule has 0 spiro atoms. The molecule has 0 saturated carbocycles. The molecule has 0 unspecified atom stereocenters. The molecule has 0 aromatic carbocycles. The number of ether oxygens (including phenoxy) is 2. The summed E-state index contributed by atoms with van der Waals surface area (Å²) in [5.41, 5.74) is -1.89. The Bertz CT molecular complexity index is 545. The van der Waals surface area contributed by atoms with Crippen LogP contribution in [0, 0.1) is 5.41 Å². The van der Waals surface area contributed by atoms with E-state index in [9.17, 15) is 31.5 Å². The number of carbonyl (C=O) groups excluding carboxylic acids is 2. The molecule has 0 N–H and O–H groups in total. The maximum absolute atomic E-state index is 13.1. The van der Waals surface area contributed by atoms with Gasteiger partial charge in [-0.3, -0.25) is 9.59 Å². The molecular formula is C24H41F5O4. The van der Waals surface area contributed by atoms with Crippen molar-refractivity contribution in [3.8, 4) is 0 Å². The predicted octanol–water partition coefficient (Wildman–Crippen LogP) is 7.78. The van der Waals surface area contributed by atoms with Gasteiger partial charge in [0.15, 0.2) is 12.0 Å². The Labute approximate surface area is 195 Å². The summed E-state index contributed by atoms with van der Waals surface area (Å²) in [6, 6.07) is 0. The number of unbranched alkanes of at least 4 members (excludes halogenated alkanes) is 11. The lowest BCUT2D eigenvalue weighted by Gasteiger charge is -2.28. The molecule has 0 fully saturated rings. The average Bonchev–Trinajstić information content (AvgIpc) is 2.76. The third-order valence-electron chi connectivity index (χ3n) is 6.02. The van der Waals surface area contributed by atoms with Gasteiger partial charge in [-0.15, -0.1) is 0 Å². The Hall–Kier alpha value is -1.41. The molecule has 0 aliphatic heterocycles. The second-order valence-electron chi connectivity index (χ2n) is 8.59. The summed E-state index contributed by atoms with van der Waals surface area (Å²) >= 11 is 0. The van der Waals surface area contributed by atoms with Gasteiger partial charge in [0.1, 0.15) is 0 Å². The van der Waals surface area contributed by atoms with E-state index >= 15 is 0 Å². The zero-order chi connectivity index (χ0) is 25.4. The third kappa shape index (κ3) is 11.5. The molecule has 0 heterocycles. The Morgan fingerprint density at radius 2 is 1.00 bits per heavy atom. The first-order valence-corrected chi connectivity index (χ1v) is 12.3. The fraction of sp³-hybridized carbons (Fsp3) is 0.917. The van der Waals surface area contributed by atoms with E-state index in [1.165, 1.54) is 58.8 Å². The van der Waals surface area contributed by atoms with Crippen LogP contribution < -0.4 is 0 Å². The summed E-state index contributed by atoms with van der Waals surface area (Å²) in [6.07, 6.45) is 7.50. The van der Waals surface area contributed by atoms with E-state index in [4.69, 9.17) is 4.74 Å². The van der Waals surface area contributed by atoms with Gasteiger partial charge in [-0.25, -0.2) is 0 Å². The number of rotatable bonds is 19. The molecule has 0 rings (SSSR count). The molecule has 33 heavy (non-hydrogen) atoms. The minimum atomic E-state index is -5.84. The smallest absolute Gasteiger partial charge is 0.456 e. The van der Waals surface area contributed by atoms with E-state index in [-0.39, 0.29) is 19.4 Å². The maximum Gasteiger partial charge on any atom is 0.456 e. The van der Waals surface area contributed by atoms with Crippen molar-refractivity contribution < 1.29 is 41.0 Å². The zero-order valence-corrected chi connectivity index (χ0v) is 20.3. The lowest BCUT2D eigenvalue weighted by Crippen LogP contribution is -2.46. The molecule has 196 valence electrons. The van der Waals surface area contributed by atoms with E-state index in [0.717, 1.165) is 25.7 Å². The van der Waals surface area contributed by atoms with E-state index < -0.39 is 36.1 Å². The highest BCUT2D eigenvalue weighted by molar-refractivity contribution is 6.00. The molecule has 0 amide bonds. The van der Waals surface area contributed by atoms with Crippen LogP contribution in [0.2, 0.25) is 0 Å². The first kappa shape index (κ1) is 31.6. The number of halogens is 5. The minimum Gasteiger partial charge on any atom is -0.465 e. The van der Waals surface area contributed by atoms with Gasteiger partial charge in [0, 0.05) is 0 Å². The number of hydrogen-bond acceptors (Lipinski definition) is 4. The molecule has 0 bridgehead atoms. The van der Waals surface area contributed by atoms with Gasteiger partial charge in [0.05, 0.1) is 6.61 Å². The summed E-state index contributed by atoms with van der Waals surface area (Å²) in [5, 5.41) is 0. The molecule has 0 aliphatic rings. The van der Waals surface area contributed by atoms with Crippen molar-refractivity contribution in [2.45, 2.75) is 123 Å². The molecule has 0 atom stereocenters. The van der Waals surface area contributed by atoms with Crippen molar-refractivity contribution in [3.05, 3.63) is 0 Å². The normalized spacial score (nSPS) is 12.6. The Morgan fingerprint density at radius 3 is 1.39 bits per heavy atom. The van der Waals surface area contributed by atoms with Gasteiger partial charge in [0.2, 0.25) is 0 Å². The molecule has 9 heteroatoms. The van der Waals surface area contributed by atoms with Crippen LogP contribution in [0.1, 0.15) is 111 Å². The van der Waals surface area contributed by atoms with Crippen molar-refractivity contribution in [2.24, 2.45) is 5.41 Å². The highest BCUT2D eigenvalue weighted by Crippen LogP contribution is 2.37. The first-order valence-electron chi connectivity index (χ1n) is 12.3. The zero-order valence-electron chi connectivity index (χ0n) is 20.3. The first-order chi connectivity index (χ1) is 15.5. The fourth-order valence-electron chi connectivity index (χ4n) is 3.53. The predicted molar refractivity (Wildman–Crippen MR) is 117 cm³/mol. The van der Waals surface area contributed by atoms with Gasteiger partial charge in [-0.05, 0) is 19.3 Å². The molecule has 0 saturated heterocycles. The lowest BCUT2D eigenvalue weighted by molar-refractivity contribution is -0.295. The monoisotopic (exact) mass is 488 g/mol. The number of hydrogen-bond donors (Lipinski definition) is 0. The van der Waals surface area contributed by atoms with Gasteiger partial charge in [-0.2, -0.15) is 22.0 Å². The van der Waals surface area contributed by atoms with Gasteiger partial charge >= 0.3 is 24.0 Å². The van der Waals surface area contributed by atoms with Gasteiger partial charge in [0.25, 0.3) is 0 Å². The number of alkyl halides is 5. The molecule has 4 nitrogen and oxygen atoms in total. The van der Waals surface area contributed by atoms with E-state index in [2.05, 4.69) is 11.7 Å². The average molecular weight is 489 g/mol. The Balaban J connectivity index is 4.23. The van der Waals surface area contributed by atoms with Gasteiger partial charge < -0.3 is 9.47 Å². The summed E-state index contributed by atoms with van der Waals surface area (Å²) < 4.78 is 72.3. The quantitative estimate of drug-likeness (QED) is 0.0806. The Morgan fingerprint density at radius 1 is 0.606 bits per heavy atom. The van der Waals surface area contributed by atoms with E-state index in [1.54, 1.807) is 0 Å². The van der Waals surface area contributed by atoms with Crippen LogP contribution in [0.5, 0.6) is 0 Å². The highest BCUT2D eigenvalue weighted by atomic mass is 19.4. The van der Waals surface area contributed by atoms with Crippen molar-refractivity contribution in [3.63, 3.8) is 0 Å².